The molecule has 0 aromatic rings. The molecule has 0 fully saturated rings. The van der Waals surface area contributed by atoms with Crippen LogP contribution in [0.1, 0.15) is 13.3 Å². The molecule has 0 radical (unpaired) electrons. The number of carboxylic acids is 1. The molecule has 11 heavy (non-hydrogen) atoms. The molecule has 0 aromatic heterocycles. The minimum Gasteiger partial charge on any atom is -0.478 e. The highest BCUT2D eigenvalue weighted by atomic mass is 35.5. The zero-order chi connectivity index (χ0) is 8.69. The summed E-state index contributed by atoms with van der Waals surface area (Å²) >= 11 is 5.63. The molecule has 0 spiro atoms. The molecule has 0 aliphatic heterocycles. The van der Waals surface area contributed by atoms with Gasteiger partial charge in [-0.1, -0.05) is 18.2 Å². The maximum absolute atomic E-state index is 9.95. The van der Waals surface area contributed by atoms with E-state index in [1.54, 1.807) is 6.08 Å². The van der Waals surface area contributed by atoms with E-state index in [-0.39, 0.29) is 5.38 Å². The Morgan fingerprint density at radius 3 is 2.73 bits per heavy atom. The van der Waals surface area contributed by atoms with Gasteiger partial charge >= 0.3 is 5.97 Å². The van der Waals surface area contributed by atoms with Gasteiger partial charge in [0.25, 0.3) is 0 Å². The van der Waals surface area contributed by atoms with Crippen LogP contribution in [0.4, 0.5) is 0 Å². The van der Waals surface area contributed by atoms with Crippen LogP contribution in [0, 0.1) is 0 Å². The standard InChI is InChI=1S/C8H11ClO2/c1-7(9)5-3-2-4-6-8(10)11/h2-4,6-7H,5H2,1H3,(H,10,11). The van der Waals surface area contributed by atoms with Crippen LogP contribution in [0.25, 0.3) is 0 Å². The lowest BCUT2D eigenvalue weighted by atomic mass is 10.3. The first-order valence-electron chi connectivity index (χ1n) is 3.33. The first-order chi connectivity index (χ1) is 5.13. The summed E-state index contributed by atoms with van der Waals surface area (Å²) < 4.78 is 0. The maximum Gasteiger partial charge on any atom is 0.328 e. The van der Waals surface area contributed by atoms with E-state index in [2.05, 4.69) is 0 Å². The fraction of sp³-hybridized carbons (Fsp3) is 0.375. The van der Waals surface area contributed by atoms with Gasteiger partial charge in [0.1, 0.15) is 0 Å². The molecule has 0 amide bonds. The lowest BCUT2D eigenvalue weighted by Gasteiger charge is -1.91. The van der Waals surface area contributed by atoms with Crippen molar-refractivity contribution in [2.24, 2.45) is 0 Å². The van der Waals surface area contributed by atoms with E-state index in [4.69, 9.17) is 16.7 Å². The third kappa shape index (κ3) is 9.24. The Morgan fingerprint density at radius 2 is 2.27 bits per heavy atom. The first kappa shape index (κ1) is 10.2. The van der Waals surface area contributed by atoms with Crippen LogP contribution in [0.2, 0.25) is 0 Å². The third-order valence-corrected chi connectivity index (χ3v) is 1.13. The van der Waals surface area contributed by atoms with Crippen LogP contribution in [-0.2, 0) is 4.79 Å². The van der Waals surface area contributed by atoms with Gasteiger partial charge in [0.05, 0.1) is 0 Å². The largest absolute Gasteiger partial charge is 0.478 e. The summed E-state index contributed by atoms with van der Waals surface area (Å²) in [5, 5.41) is 8.28. The molecule has 2 nitrogen and oxygen atoms in total. The number of aliphatic carboxylic acids is 1. The highest BCUT2D eigenvalue weighted by Crippen LogP contribution is 1.99. The Bertz CT molecular complexity index is 171. The van der Waals surface area contributed by atoms with E-state index in [9.17, 15) is 4.79 Å². The van der Waals surface area contributed by atoms with E-state index in [1.165, 1.54) is 6.08 Å². The van der Waals surface area contributed by atoms with E-state index >= 15 is 0 Å². The molecule has 1 unspecified atom stereocenters. The van der Waals surface area contributed by atoms with Gasteiger partial charge in [-0.3, -0.25) is 0 Å². The highest BCUT2D eigenvalue weighted by molar-refractivity contribution is 6.20. The SMILES string of the molecule is CC(Cl)CC=CC=CC(=O)O. The van der Waals surface area contributed by atoms with Crippen molar-refractivity contribution < 1.29 is 9.90 Å². The van der Waals surface area contributed by atoms with Gasteiger partial charge in [-0.25, -0.2) is 4.79 Å². The van der Waals surface area contributed by atoms with Crippen molar-refractivity contribution >= 4 is 17.6 Å². The zero-order valence-corrected chi connectivity index (χ0v) is 7.08. The van der Waals surface area contributed by atoms with Crippen molar-refractivity contribution in [2.45, 2.75) is 18.7 Å². The van der Waals surface area contributed by atoms with Crippen LogP contribution in [0.3, 0.4) is 0 Å². The second-order valence-corrected chi connectivity index (χ2v) is 2.89. The van der Waals surface area contributed by atoms with Gasteiger partial charge in [0, 0.05) is 11.5 Å². The second-order valence-electron chi connectivity index (χ2n) is 2.14. The summed E-state index contributed by atoms with van der Waals surface area (Å²) in [7, 11) is 0. The van der Waals surface area contributed by atoms with Gasteiger partial charge in [0.15, 0.2) is 0 Å². The highest BCUT2D eigenvalue weighted by Gasteiger charge is 1.88. The summed E-state index contributed by atoms with van der Waals surface area (Å²) in [6.45, 7) is 1.88. The predicted molar refractivity (Wildman–Crippen MR) is 45.8 cm³/mol. The molecule has 3 heteroatoms. The predicted octanol–water partition coefficient (Wildman–Crippen LogP) is 2.20. The molecule has 0 bridgehead atoms. The normalized spacial score (nSPS) is 14.4. The Balaban J connectivity index is 3.52. The molecule has 1 atom stereocenters. The quantitative estimate of drug-likeness (QED) is 0.403. The molecule has 0 heterocycles. The number of carbonyl (C=O) groups is 1. The molecule has 0 aliphatic carbocycles. The van der Waals surface area contributed by atoms with E-state index in [0.29, 0.717) is 0 Å². The molecular formula is C8H11ClO2. The minimum atomic E-state index is -0.937. The summed E-state index contributed by atoms with van der Waals surface area (Å²) in [4.78, 5) is 9.95. The molecule has 0 saturated carbocycles. The number of halogens is 1. The topological polar surface area (TPSA) is 37.3 Å². The molecule has 0 aliphatic rings. The number of hydrogen-bond acceptors (Lipinski definition) is 1. The fourth-order valence-corrected chi connectivity index (χ4v) is 0.585. The molecule has 62 valence electrons. The number of alkyl halides is 1. The van der Waals surface area contributed by atoms with Crippen LogP contribution >= 0.6 is 11.6 Å². The Morgan fingerprint density at radius 1 is 1.64 bits per heavy atom. The van der Waals surface area contributed by atoms with Crippen LogP contribution in [-0.4, -0.2) is 16.5 Å². The number of hydrogen-bond donors (Lipinski definition) is 1. The lowest BCUT2D eigenvalue weighted by molar-refractivity contribution is -0.131. The van der Waals surface area contributed by atoms with Crippen molar-refractivity contribution in [3.05, 3.63) is 24.3 Å². The smallest absolute Gasteiger partial charge is 0.328 e. The maximum atomic E-state index is 9.95. The van der Waals surface area contributed by atoms with Gasteiger partial charge in [-0.05, 0) is 13.3 Å². The monoisotopic (exact) mass is 174 g/mol. The van der Waals surface area contributed by atoms with Crippen LogP contribution in [0.5, 0.6) is 0 Å². The van der Waals surface area contributed by atoms with Crippen molar-refractivity contribution in [3.8, 4) is 0 Å². The third-order valence-electron chi connectivity index (χ3n) is 0.947. The molecule has 0 aromatic carbocycles. The van der Waals surface area contributed by atoms with Crippen molar-refractivity contribution in [1.29, 1.82) is 0 Å². The average molecular weight is 175 g/mol. The van der Waals surface area contributed by atoms with Crippen LogP contribution in [0.15, 0.2) is 24.3 Å². The minimum absolute atomic E-state index is 0.101. The molecule has 0 saturated heterocycles. The average Bonchev–Trinajstić information content (AvgIpc) is 1.85. The van der Waals surface area contributed by atoms with Gasteiger partial charge < -0.3 is 5.11 Å². The second kappa shape index (κ2) is 5.98. The Labute approximate surface area is 71.2 Å². The lowest BCUT2D eigenvalue weighted by Crippen LogP contribution is -1.85. The molecular weight excluding hydrogens is 164 g/mol. The van der Waals surface area contributed by atoms with Crippen molar-refractivity contribution in [3.63, 3.8) is 0 Å². The Kier molecular flexibility index (Phi) is 5.57. The van der Waals surface area contributed by atoms with Crippen LogP contribution < -0.4 is 0 Å². The van der Waals surface area contributed by atoms with Crippen molar-refractivity contribution in [2.75, 3.05) is 0 Å². The Hall–Kier alpha value is -0.760. The summed E-state index contributed by atoms with van der Waals surface area (Å²) in [6, 6.07) is 0. The van der Waals surface area contributed by atoms with Gasteiger partial charge in [-0.2, -0.15) is 0 Å². The number of allylic oxidation sites excluding steroid dienone is 3. The summed E-state index contributed by atoms with van der Waals surface area (Å²) in [6.07, 6.45) is 6.81. The number of carboxylic acid groups (broad SMARTS) is 1. The van der Waals surface area contributed by atoms with E-state index in [0.717, 1.165) is 12.5 Å². The fourth-order valence-electron chi connectivity index (χ4n) is 0.483. The first-order valence-corrected chi connectivity index (χ1v) is 3.76. The number of rotatable bonds is 4. The van der Waals surface area contributed by atoms with E-state index in [1.807, 2.05) is 13.0 Å². The zero-order valence-electron chi connectivity index (χ0n) is 6.33. The molecule has 1 N–H and O–H groups in total. The van der Waals surface area contributed by atoms with E-state index < -0.39 is 5.97 Å². The van der Waals surface area contributed by atoms with Gasteiger partial charge in [0.2, 0.25) is 0 Å². The summed E-state index contributed by atoms with van der Waals surface area (Å²) in [5.41, 5.74) is 0. The van der Waals surface area contributed by atoms with Crippen molar-refractivity contribution in [1.82, 2.24) is 0 Å². The molecule has 0 rings (SSSR count). The van der Waals surface area contributed by atoms with Gasteiger partial charge in [-0.15, -0.1) is 11.6 Å². The summed E-state index contributed by atoms with van der Waals surface area (Å²) in [5.74, 6) is -0.937.